The third-order valence-corrected chi connectivity index (χ3v) is 4.59. The number of methoxy groups -OCH3 is 2. The van der Waals surface area contributed by atoms with Gasteiger partial charge in [0.2, 0.25) is 0 Å². The van der Waals surface area contributed by atoms with E-state index in [1.165, 1.54) is 11.1 Å². The van der Waals surface area contributed by atoms with Gasteiger partial charge in [-0.05, 0) is 37.5 Å². The van der Waals surface area contributed by atoms with Crippen LogP contribution >= 0.6 is 0 Å². The summed E-state index contributed by atoms with van der Waals surface area (Å²) in [5.41, 5.74) is 3.01. The fraction of sp³-hybridized carbons (Fsp3) is 0.350. The molecule has 1 heterocycles. The van der Waals surface area contributed by atoms with E-state index in [9.17, 15) is 4.79 Å². The minimum Gasteiger partial charge on any atom is -0.497 e. The minimum atomic E-state index is -0.115. The number of nitrogens with zero attached hydrogens (tertiary/aromatic N) is 1. The van der Waals surface area contributed by atoms with Gasteiger partial charge in [-0.3, -0.25) is 0 Å². The third-order valence-electron chi connectivity index (χ3n) is 4.59. The zero-order valence-electron chi connectivity index (χ0n) is 14.9. The van der Waals surface area contributed by atoms with Crippen LogP contribution in [0.1, 0.15) is 30.0 Å². The molecular weight excluding hydrogens is 316 g/mol. The summed E-state index contributed by atoms with van der Waals surface area (Å²) >= 11 is 0. The van der Waals surface area contributed by atoms with Crippen LogP contribution in [0.4, 0.5) is 10.5 Å². The van der Waals surface area contributed by atoms with Crippen molar-refractivity contribution >= 4 is 11.7 Å². The zero-order chi connectivity index (χ0) is 17.8. The highest BCUT2D eigenvalue weighted by atomic mass is 16.5. The molecule has 1 aliphatic rings. The quantitative estimate of drug-likeness (QED) is 0.898. The lowest BCUT2D eigenvalue weighted by Crippen LogP contribution is -2.34. The van der Waals surface area contributed by atoms with Gasteiger partial charge in [-0.25, -0.2) is 4.79 Å². The lowest BCUT2D eigenvalue weighted by Gasteiger charge is -2.26. The first kappa shape index (κ1) is 17.1. The molecule has 1 saturated heterocycles. The van der Waals surface area contributed by atoms with Crippen molar-refractivity contribution in [3.63, 3.8) is 0 Å². The van der Waals surface area contributed by atoms with Crippen molar-refractivity contribution in [2.24, 2.45) is 0 Å². The number of nitrogens with one attached hydrogen (secondary N) is 1. The number of rotatable bonds is 4. The molecule has 2 aromatic carbocycles. The van der Waals surface area contributed by atoms with E-state index in [0.29, 0.717) is 17.2 Å². The number of ether oxygens (including phenoxy) is 2. The maximum absolute atomic E-state index is 12.9. The Hall–Kier alpha value is -2.69. The third kappa shape index (κ3) is 3.71. The number of aryl methyl sites for hydroxylation is 1. The lowest BCUT2D eigenvalue weighted by atomic mass is 10.0. The van der Waals surface area contributed by atoms with Crippen molar-refractivity contribution in [3.05, 3.63) is 53.6 Å². The average molecular weight is 340 g/mol. The Bertz CT molecular complexity index is 760. The predicted octanol–water partition coefficient (Wildman–Crippen LogP) is 4.38. The van der Waals surface area contributed by atoms with Gasteiger partial charge in [0.05, 0.1) is 25.9 Å². The van der Waals surface area contributed by atoms with Gasteiger partial charge >= 0.3 is 6.03 Å². The van der Waals surface area contributed by atoms with Crippen LogP contribution in [0.3, 0.4) is 0 Å². The van der Waals surface area contributed by atoms with Crippen LogP contribution in [-0.4, -0.2) is 31.7 Å². The standard InChI is InChI=1S/C20H24N2O3/c1-14-6-4-7-15(12-14)18-8-5-11-22(18)20(23)21-17-13-16(24-2)9-10-19(17)25-3/h4,6-7,9-10,12-13,18H,5,8,11H2,1-3H3,(H,21,23)/t18-/m0/s1. The van der Waals surface area contributed by atoms with E-state index in [-0.39, 0.29) is 12.1 Å². The monoisotopic (exact) mass is 340 g/mol. The van der Waals surface area contributed by atoms with Crippen molar-refractivity contribution in [3.8, 4) is 11.5 Å². The van der Waals surface area contributed by atoms with E-state index in [1.54, 1.807) is 32.4 Å². The molecule has 5 heteroatoms. The summed E-state index contributed by atoms with van der Waals surface area (Å²) in [6.07, 6.45) is 1.98. The molecule has 132 valence electrons. The van der Waals surface area contributed by atoms with Crippen LogP contribution in [-0.2, 0) is 0 Å². The minimum absolute atomic E-state index is 0.108. The zero-order valence-corrected chi connectivity index (χ0v) is 14.9. The van der Waals surface area contributed by atoms with Gasteiger partial charge in [0.1, 0.15) is 11.5 Å². The van der Waals surface area contributed by atoms with E-state index in [1.807, 2.05) is 11.0 Å². The summed E-state index contributed by atoms with van der Waals surface area (Å²) < 4.78 is 10.6. The van der Waals surface area contributed by atoms with Crippen LogP contribution in [0.2, 0.25) is 0 Å². The van der Waals surface area contributed by atoms with Crippen LogP contribution in [0.15, 0.2) is 42.5 Å². The Morgan fingerprint density at radius 2 is 2.00 bits per heavy atom. The number of carbonyl (C=O) groups is 1. The number of amides is 2. The summed E-state index contributed by atoms with van der Waals surface area (Å²) in [5, 5.41) is 2.97. The van der Waals surface area contributed by atoms with Crippen molar-refractivity contribution in [1.82, 2.24) is 4.90 Å². The van der Waals surface area contributed by atoms with Gasteiger partial charge in [-0.2, -0.15) is 0 Å². The molecular formula is C20H24N2O3. The van der Waals surface area contributed by atoms with Crippen molar-refractivity contribution in [1.29, 1.82) is 0 Å². The van der Waals surface area contributed by atoms with Gasteiger partial charge in [0.15, 0.2) is 0 Å². The number of likely N-dealkylation sites (tertiary alicyclic amines) is 1. The molecule has 0 unspecified atom stereocenters. The number of hydrogen-bond acceptors (Lipinski definition) is 3. The molecule has 1 fully saturated rings. The van der Waals surface area contributed by atoms with Gasteiger partial charge < -0.3 is 19.7 Å². The Balaban J connectivity index is 1.81. The summed E-state index contributed by atoms with van der Waals surface area (Å²) in [7, 11) is 3.19. The number of urea groups is 1. The van der Waals surface area contributed by atoms with E-state index in [4.69, 9.17) is 9.47 Å². The van der Waals surface area contributed by atoms with Crippen molar-refractivity contribution in [2.45, 2.75) is 25.8 Å². The number of anilines is 1. The molecule has 0 saturated carbocycles. The molecule has 1 atom stereocenters. The first-order valence-electron chi connectivity index (χ1n) is 8.48. The predicted molar refractivity (Wildman–Crippen MR) is 98.4 cm³/mol. The Morgan fingerprint density at radius 3 is 2.72 bits per heavy atom. The lowest BCUT2D eigenvalue weighted by molar-refractivity contribution is 0.207. The maximum atomic E-state index is 12.9. The Morgan fingerprint density at radius 1 is 1.16 bits per heavy atom. The first-order chi connectivity index (χ1) is 12.1. The highest BCUT2D eigenvalue weighted by Gasteiger charge is 2.30. The van der Waals surface area contributed by atoms with Crippen LogP contribution < -0.4 is 14.8 Å². The largest absolute Gasteiger partial charge is 0.497 e. The van der Waals surface area contributed by atoms with E-state index < -0.39 is 0 Å². The summed E-state index contributed by atoms with van der Waals surface area (Å²) in [5.74, 6) is 1.29. The molecule has 3 rings (SSSR count). The van der Waals surface area contributed by atoms with E-state index in [0.717, 1.165) is 19.4 Å². The van der Waals surface area contributed by atoms with Gasteiger partial charge in [-0.15, -0.1) is 0 Å². The molecule has 0 bridgehead atoms. The molecule has 25 heavy (non-hydrogen) atoms. The first-order valence-corrected chi connectivity index (χ1v) is 8.48. The van der Waals surface area contributed by atoms with Gasteiger partial charge in [0, 0.05) is 12.6 Å². The Labute approximate surface area is 148 Å². The van der Waals surface area contributed by atoms with Crippen LogP contribution in [0.5, 0.6) is 11.5 Å². The van der Waals surface area contributed by atoms with Crippen molar-refractivity contribution < 1.29 is 14.3 Å². The van der Waals surface area contributed by atoms with E-state index >= 15 is 0 Å². The summed E-state index contributed by atoms with van der Waals surface area (Å²) in [6.45, 7) is 2.82. The molecule has 1 N–H and O–H groups in total. The second-order valence-corrected chi connectivity index (χ2v) is 6.26. The van der Waals surface area contributed by atoms with Crippen molar-refractivity contribution in [2.75, 3.05) is 26.1 Å². The second kappa shape index (κ2) is 7.47. The molecule has 0 aromatic heterocycles. The molecule has 1 aliphatic heterocycles. The van der Waals surface area contributed by atoms with E-state index in [2.05, 4.69) is 30.4 Å². The topological polar surface area (TPSA) is 50.8 Å². The SMILES string of the molecule is COc1ccc(OC)c(NC(=O)N2CCC[C@H]2c2cccc(C)c2)c1. The molecule has 0 radical (unpaired) electrons. The fourth-order valence-corrected chi connectivity index (χ4v) is 3.33. The number of carbonyl (C=O) groups excluding carboxylic acids is 1. The molecule has 0 spiro atoms. The average Bonchev–Trinajstić information content (AvgIpc) is 3.11. The summed E-state index contributed by atoms with van der Waals surface area (Å²) in [6, 6.07) is 13.7. The van der Waals surface area contributed by atoms with Gasteiger partial charge in [0.25, 0.3) is 0 Å². The smallest absolute Gasteiger partial charge is 0.322 e. The summed E-state index contributed by atoms with van der Waals surface area (Å²) in [4.78, 5) is 14.8. The fourth-order valence-electron chi connectivity index (χ4n) is 3.33. The maximum Gasteiger partial charge on any atom is 0.322 e. The normalized spacial score (nSPS) is 16.6. The van der Waals surface area contributed by atoms with Gasteiger partial charge in [-0.1, -0.05) is 29.8 Å². The van der Waals surface area contributed by atoms with Crippen LogP contribution in [0.25, 0.3) is 0 Å². The van der Waals surface area contributed by atoms with Crippen LogP contribution in [0, 0.1) is 6.92 Å². The molecule has 2 amide bonds. The molecule has 0 aliphatic carbocycles. The Kier molecular flexibility index (Phi) is 5.12. The highest BCUT2D eigenvalue weighted by Crippen LogP contribution is 2.34. The molecule has 2 aromatic rings. The molecule has 5 nitrogen and oxygen atoms in total. The highest BCUT2D eigenvalue weighted by molar-refractivity contribution is 5.91. The number of benzene rings is 2. The number of hydrogen-bond donors (Lipinski definition) is 1. The second-order valence-electron chi connectivity index (χ2n) is 6.26.